The lowest BCUT2D eigenvalue weighted by atomic mass is 9.55. The first-order valence-electron chi connectivity index (χ1n) is 9.16. The average molecular weight is 292 g/mol. The number of piperidine rings is 1. The van der Waals surface area contributed by atoms with Gasteiger partial charge in [-0.15, -0.1) is 0 Å². The van der Waals surface area contributed by atoms with Gasteiger partial charge in [0.1, 0.15) is 0 Å². The highest BCUT2D eigenvalue weighted by atomic mass is 16.1. The molecule has 0 aromatic carbocycles. The Morgan fingerprint density at radius 1 is 0.952 bits per heavy atom. The van der Waals surface area contributed by atoms with Crippen molar-refractivity contribution in [3.63, 3.8) is 0 Å². The van der Waals surface area contributed by atoms with Gasteiger partial charge in [0.2, 0.25) is 5.91 Å². The third-order valence-electron chi connectivity index (χ3n) is 6.93. The van der Waals surface area contributed by atoms with Gasteiger partial charge in [0.25, 0.3) is 0 Å². The quantitative estimate of drug-likeness (QED) is 0.866. The molecule has 1 aliphatic heterocycles. The van der Waals surface area contributed by atoms with Crippen molar-refractivity contribution in [2.24, 2.45) is 17.1 Å². The molecule has 0 aromatic rings. The predicted octanol–water partition coefficient (Wildman–Crippen LogP) is 3.47. The van der Waals surface area contributed by atoms with Crippen LogP contribution in [0.15, 0.2) is 0 Å². The maximum atomic E-state index is 12.5. The van der Waals surface area contributed by atoms with Crippen LogP contribution in [-0.2, 0) is 4.79 Å². The van der Waals surface area contributed by atoms with E-state index in [1.165, 1.54) is 77.3 Å². The molecule has 1 saturated heterocycles. The number of carbonyl (C=O) groups excluding carboxylic acids is 1. The SMILES string of the molecule is CC1(C(N)=O)CCCCC1(C1CCCC1)N1CCCCC1. The van der Waals surface area contributed by atoms with E-state index in [-0.39, 0.29) is 16.9 Å². The van der Waals surface area contributed by atoms with Gasteiger partial charge in [0.15, 0.2) is 0 Å². The van der Waals surface area contributed by atoms with Crippen LogP contribution >= 0.6 is 0 Å². The standard InChI is InChI=1S/C18H32N2O/c1-17(16(19)21)11-5-6-12-18(17,15-9-3-4-10-15)20-13-7-2-8-14-20/h15H,2-14H2,1H3,(H2,19,21). The molecular formula is C18H32N2O. The van der Waals surface area contributed by atoms with Crippen LogP contribution in [0.3, 0.4) is 0 Å². The van der Waals surface area contributed by atoms with Gasteiger partial charge in [0.05, 0.1) is 5.41 Å². The predicted molar refractivity (Wildman–Crippen MR) is 85.9 cm³/mol. The highest BCUT2D eigenvalue weighted by Crippen LogP contribution is 2.56. The van der Waals surface area contributed by atoms with Crippen LogP contribution in [-0.4, -0.2) is 29.4 Å². The molecule has 2 atom stereocenters. The van der Waals surface area contributed by atoms with E-state index in [2.05, 4.69) is 11.8 Å². The fourth-order valence-corrected chi connectivity index (χ4v) is 5.82. The van der Waals surface area contributed by atoms with Crippen LogP contribution in [0.5, 0.6) is 0 Å². The number of primary amides is 1. The first kappa shape index (κ1) is 15.3. The number of rotatable bonds is 3. The second kappa shape index (κ2) is 5.91. The Morgan fingerprint density at radius 3 is 2.19 bits per heavy atom. The lowest BCUT2D eigenvalue weighted by Crippen LogP contribution is -2.68. The van der Waals surface area contributed by atoms with Gasteiger partial charge in [-0.25, -0.2) is 0 Å². The zero-order valence-corrected chi connectivity index (χ0v) is 13.7. The molecule has 0 bridgehead atoms. The Hall–Kier alpha value is -0.570. The van der Waals surface area contributed by atoms with E-state index in [0.717, 1.165) is 6.42 Å². The second-order valence-corrected chi connectivity index (χ2v) is 7.86. The maximum absolute atomic E-state index is 12.5. The summed E-state index contributed by atoms with van der Waals surface area (Å²) >= 11 is 0. The Labute approximate surface area is 129 Å². The molecule has 2 N–H and O–H groups in total. The normalized spacial score (nSPS) is 39.5. The first-order chi connectivity index (χ1) is 10.1. The highest BCUT2D eigenvalue weighted by molar-refractivity contribution is 5.82. The molecule has 2 saturated carbocycles. The molecule has 1 amide bonds. The van der Waals surface area contributed by atoms with Crippen LogP contribution in [0.1, 0.15) is 77.6 Å². The minimum Gasteiger partial charge on any atom is -0.369 e. The minimum atomic E-state index is -0.322. The lowest BCUT2D eigenvalue weighted by molar-refractivity contribution is -0.152. The van der Waals surface area contributed by atoms with Crippen molar-refractivity contribution in [2.45, 2.75) is 83.1 Å². The van der Waals surface area contributed by atoms with Crippen molar-refractivity contribution in [3.05, 3.63) is 0 Å². The summed E-state index contributed by atoms with van der Waals surface area (Å²) in [6.45, 7) is 4.56. The summed E-state index contributed by atoms with van der Waals surface area (Å²) in [5.74, 6) is 0.646. The molecule has 2 aliphatic carbocycles. The molecule has 0 spiro atoms. The lowest BCUT2D eigenvalue weighted by Gasteiger charge is -2.60. The van der Waals surface area contributed by atoms with Crippen LogP contribution in [0.4, 0.5) is 0 Å². The first-order valence-corrected chi connectivity index (χ1v) is 9.16. The summed E-state index contributed by atoms with van der Waals surface area (Å²) in [5.41, 5.74) is 5.73. The average Bonchev–Trinajstić information content (AvgIpc) is 3.03. The molecule has 3 fully saturated rings. The van der Waals surface area contributed by atoms with E-state index in [1.807, 2.05) is 0 Å². The summed E-state index contributed by atoms with van der Waals surface area (Å²) in [6, 6.07) is 0. The molecule has 3 heteroatoms. The van der Waals surface area contributed by atoms with Gasteiger partial charge < -0.3 is 5.73 Å². The van der Waals surface area contributed by atoms with Crippen molar-refractivity contribution in [2.75, 3.05) is 13.1 Å². The van der Waals surface area contributed by atoms with Crippen LogP contribution in [0.25, 0.3) is 0 Å². The molecule has 21 heavy (non-hydrogen) atoms. The van der Waals surface area contributed by atoms with Gasteiger partial charge in [0, 0.05) is 5.54 Å². The largest absolute Gasteiger partial charge is 0.369 e. The summed E-state index contributed by atoms with van der Waals surface area (Å²) in [7, 11) is 0. The van der Waals surface area contributed by atoms with E-state index < -0.39 is 0 Å². The molecule has 3 rings (SSSR count). The Kier molecular flexibility index (Phi) is 4.31. The summed E-state index contributed by atoms with van der Waals surface area (Å²) in [6.07, 6.45) is 13.9. The monoisotopic (exact) mass is 292 g/mol. The molecule has 2 unspecified atom stereocenters. The smallest absolute Gasteiger partial charge is 0.225 e. The maximum Gasteiger partial charge on any atom is 0.225 e. The fraction of sp³-hybridized carbons (Fsp3) is 0.944. The molecule has 0 radical (unpaired) electrons. The third-order valence-corrected chi connectivity index (χ3v) is 6.93. The van der Waals surface area contributed by atoms with Crippen molar-refractivity contribution in [3.8, 4) is 0 Å². The van der Waals surface area contributed by atoms with Crippen molar-refractivity contribution < 1.29 is 4.79 Å². The van der Waals surface area contributed by atoms with Gasteiger partial charge in [-0.1, -0.05) is 32.1 Å². The topological polar surface area (TPSA) is 46.3 Å². The van der Waals surface area contributed by atoms with E-state index in [1.54, 1.807) is 0 Å². The highest BCUT2D eigenvalue weighted by Gasteiger charge is 2.60. The Balaban J connectivity index is 2.02. The van der Waals surface area contributed by atoms with Crippen molar-refractivity contribution >= 4 is 5.91 Å². The molecule has 0 aromatic heterocycles. The number of nitrogens with zero attached hydrogens (tertiary/aromatic N) is 1. The third kappa shape index (κ3) is 2.32. The zero-order chi connectivity index (χ0) is 14.9. The van der Waals surface area contributed by atoms with E-state index in [9.17, 15) is 4.79 Å². The summed E-state index contributed by atoms with van der Waals surface area (Å²) in [5, 5.41) is 0. The number of likely N-dealkylation sites (tertiary alicyclic amines) is 1. The zero-order valence-electron chi connectivity index (χ0n) is 13.7. The molecule has 1 heterocycles. The van der Waals surface area contributed by atoms with Gasteiger partial charge in [-0.3, -0.25) is 9.69 Å². The summed E-state index contributed by atoms with van der Waals surface area (Å²) < 4.78 is 0. The number of nitrogens with two attached hydrogens (primary N) is 1. The van der Waals surface area contributed by atoms with Crippen molar-refractivity contribution in [1.29, 1.82) is 0 Å². The van der Waals surface area contributed by atoms with Gasteiger partial charge in [-0.05, 0) is 64.5 Å². The number of hydrogen-bond donors (Lipinski definition) is 1. The van der Waals surface area contributed by atoms with E-state index in [4.69, 9.17) is 5.73 Å². The fourth-order valence-electron chi connectivity index (χ4n) is 5.82. The minimum absolute atomic E-state index is 0.0420. The molecule has 120 valence electrons. The molecular weight excluding hydrogens is 260 g/mol. The van der Waals surface area contributed by atoms with E-state index >= 15 is 0 Å². The van der Waals surface area contributed by atoms with E-state index in [0.29, 0.717) is 5.92 Å². The Morgan fingerprint density at radius 2 is 1.57 bits per heavy atom. The number of hydrogen-bond acceptors (Lipinski definition) is 2. The number of amides is 1. The van der Waals surface area contributed by atoms with Crippen LogP contribution < -0.4 is 5.73 Å². The van der Waals surface area contributed by atoms with Crippen molar-refractivity contribution in [1.82, 2.24) is 4.90 Å². The van der Waals surface area contributed by atoms with Crippen LogP contribution in [0, 0.1) is 11.3 Å². The second-order valence-electron chi connectivity index (χ2n) is 7.86. The molecule has 3 nitrogen and oxygen atoms in total. The Bertz CT molecular complexity index is 385. The number of carbonyl (C=O) groups is 1. The van der Waals surface area contributed by atoms with Crippen LogP contribution in [0.2, 0.25) is 0 Å². The van der Waals surface area contributed by atoms with Gasteiger partial charge >= 0.3 is 0 Å². The van der Waals surface area contributed by atoms with Gasteiger partial charge in [-0.2, -0.15) is 0 Å². The summed E-state index contributed by atoms with van der Waals surface area (Å²) in [4.78, 5) is 15.2. The molecule has 3 aliphatic rings.